The highest BCUT2D eigenvalue weighted by molar-refractivity contribution is 5.43. The Morgan fingerprint density at radius 2 is 2.00 bits per heavy atom. The van der Waals surface area contributed by atoms with E-state index in [1.807, 2.05) is 12.1 Å². The van der Waals surface area contributed by atoms with Crippen LogP contribution in [0.3, 0.4) is 0 Å². The van der Waals surface area contributed by atoms with Gasteiger partial charge in [-0.2, -0.15) is 0 Å². The summed E-state index contributed by atoms with van der Waals surface area (Å²) in [6.07, 6.45) is 3.42. The van der Waals surface area contributed by atoms with E-state index in [4.69, 9.17) is 4.74 Å². The summed E-state index contributed by atoms with van der Waals surface area (Å²) in [4.78, 5) is 0. The van der Waals surface area contributed by atoms with Gasteiger partial charge in [-0.05, 0) is 54.5 Å². The molecule has 1 saturated heterocycles. The second kappa shape index (κ2) is 3.80. The van der Waals surface area contributed by atoms with Gasteiger partial charge in [0.05, 0.1) is 24.9 Å². The summed E-state index contributed by atoms with van der Waals surface area (Å²) in [6, 6.07) is 4.06. The summed E-state index contributed by atoms with van der Waals surface area (Å²) in [6.45, 7) is 2.10. The second-order valence-electron chi connectivity index (χ2n) is 5.31. The minimum absolute atomic E-state index is 0.00852. The van der Waals surface area contributed by atoms with Crippen LogP contribution in [-0.2, 0) is 30.0 Å². The molecule has 1 aromatic carbocycles. The smallest absolute Gasteiger partial charge is 0.0910 e. The van der Waals surface area contributed by atoms with Gasteiger partial charge in [0.25, 0.3) is 0 Å². The molecule has 2 atom stereocenters. The summed E-state index contributed by atoms with van der Waals surface area (Å²) < 4.78 is 6.04. The van der Waals surface area contributed by atoms with E-state index < -0.39 is 0 Å². The van der Waals surface area contributed by atoms with Gasteiger partial charge in [-0.25, -0.2) is 0 Å². The first-order chi connectivity index (χ1) is 8.16. The van der Waals surface area contributed by atoms with Crippen LogP contribution in [-0.4, -0.2) is 16.3 Å². The van der Waals surface area contributed by atoms with E-state index in [0.717, 1.165) is 30.4 Å². The van der Waals surface area contributed by atoms with Crippen LogP contribution in [0.5, 0.6) is 0 Å². The first kappa shape index (κ1) is 11.2. The number of rotatable bonds is 2. The number of fused-ring (bicyclic) bond motifs is 4. The molecular formula is C14H18O3. The van der Waals surface area contributed by atoms with Crippen molar-refractivity contribution in [2.45, 2.75) is 51.1 Å². The van der Waals surface area contributed by atoms with Gasteiger partial charge in [0.2, 0.25) is 0 Å². The topological polar surface area (TPSA) is 49.7 Å². The zero-order chi connectivity index (χ0) is 12.0. The molecule has 17 heavy (non-hydrogen) atoms. The largest absolute Gasteiger partial charge is 0.392 e. The fourth-order valence-electron chi connectivity index (χ4n) is 3.21. The van der Waals surface area contributed by atoms with E-state index in [9.17, 15) is 10.2 Å². The number of aliphatic hydroxyl groups is 2. The predicted octanol–water partition coefficient (Wildman–Crippen LogP) is 1.62. The van der Waals surface area contributed by atoms with Crippen LogP contribution in [0.1, 0.15) is 42.0 Å². The van der Waals surface area contributed by atoms with E-state index in [0.29, 0.717) is 6.10 Å². The third-order valence-corrected chi connectivity index (χ3v) is 4.15. The highest BCUT2D eigenvalue weighted by Crippen LogP contribution is 2.46. The third-order valence-electron chi connectivity index (χ3n) is 4.15. The molecule has 1 aromatic rings. The lowest BCUT2D eigenvalue weighted by Crippen LogP contribution is -2.30. The molecule has 0 saturated carbocycles. The van der Waals surface area contributed by atoms with Crippen LogP contribution in [0.15, 0.2) is 12.1 Å². The van der Waals surface area contributed by atoms with Crippen molar-refractivity contribution in [3.05, 3.63) is 34.4 Å². The maximum atomic E-state index is 9.35. The fraction of sp³-hybridized carbons (Fsp3) is 0.571. The van der Waals surface area contributed by atoms with Crippen molar-refractivity contribution in [3.8, 4) is 0 Å². The van der Waals surface area contributed by atoms with Gasteiger partial charge in [-0.3, -0.25) is 0 Å². The SMILES string of the molecule is C[C@@]12CC[C@@H](Cc3cc(CO)c(CO)cc31)O2. The van der Waals surface area contributed by atoms with Crippen LogP contribution in [0, 0.1) is 0 Å². The molecule has 0 radical (unpaired) electrons. The lowest BCUT2D eigenvalue weighted by Gasteiger charge is -2.33. The van der Waals surface area contributed by atoms with E-state index in [-0.39, 0.29) is 18.8 Å². The Hall–Kier alpha value is -0.900. The molecule has 0 spiro atoms. The Labute approximate surface area is 101 Å². The Balaban J connectivity index is 2.15. The molecule has 0 aliphatic carbocycles. The van der Waals surface area contributed by atoms with Gasteiger partial charge in [-0.15, -0.1) is 0 Å². The van der Waals surface area contributed by atoms with Gasteiger partial charge in [-0.1, -0.05) is 6.07 Å². The first-order valence-electron chi connectivity index (χ1n) is 6.21. The minimum atomic E-state index is -0.184. The molecule has 3 rings (SSSR count). The molecule has 3 heteroatoms. The first-order valence-corrected chi connectivity index (χ1v) is 6.21. The molecular weight excluding hydrogens is 216 g/mol. The van der Waals surface area contributed by atoms with Gasteiger partial charge in [0.1, 0.15) is 0 Å². The summed E-state index contributed by atoms with van der Waals surface area (Å²) in [5, 5.41) is 18.7. The number of ether oxygens (including phenoxy) is 1. The molecule has 2 aliphatic rings. The zero-order valence-corrected chi connectivity index (χ0v) is 10.1. The molecule has 0 aromatic heterocycles. The molecule has 0 unspecified atom stereocenters. The average Bonchev–Trinajstić information content (AvgIpc) is 2.65. The number of benzene rings is 1. The third kappa shape index (κ3) is 1.61. The van der Waals surface area contributed by atoms with Crippen LogP contribution < -0.4 is 0 Å². The summed E-state index contributed by atoms with van der Waals surface area (Å²) in [7, 11) is 0. The predicted molar refractivity (Wildman–Crippen MR) is 63.5 cm³/mol. The standard InChI is InChI=1S/C14H18O3/c1-14-3-2-12(17-14)5-9-4-10(7-15)11(8-16)6-13(9)14/h4,6,12,15-16H,2-3,5,7-8H2,1H3/t12-,14+/m0/s1. The molecule has 2 bridgehead atoms. The monoisotopic (exact) mass is 234 g/mol. The second-order valence-corrected chi connectivity index (χ2v) is 5.31. The molecule has 2 heterocycles. The molecule has 3 nitrogen and oxygen atoms in total. The normalized spacial score (nSPS) is 30.4. The number of aliphatic hydroxyl groups excluding tert-OH is 2. The Morgan fingerprint density at radius 3 is 2.71 bits per heavy atom. The maximum Gasteiger partial charge on any atom is 0.0910 e. The lowest BCUT2D eigenvalue weighted by molar-refractivity contribution is -0.0439. The molecule has 1 fully saturated rings. The highest BCUT2D eigenvalue weighted by atomic mass is 16.5. The average molecular weight is 234 g/mol. The molecule has 92 valence electrons. The van der Waals surface area contributed by atoms with Crippen molar-refractivity contribution in [2.24, 2.45) is 0 Å². The van der Waals surface area contributed by atoms with Crippen molar-refractivity contribution in [1.82, 2.24) is 0 Å². The lowest BCUT2D eigenvalue weighted by atomic mass is 9.86. The highest BCUT2D eigenvalue weighted by Gasteiger charge is 2.43. The van der Waals surface area contributed by atoms with Crippen molar-refractivity contribution in [1.29, 1.82) is 0 Å². The Bertz CT molecular complexity index is 455. The van der Waals surface area contributed by atoms with E-state index in [1.54, 1.807) is 0 Å². The Kier molecular flexibility index (Phi) is 2.51. The molecule has 2 N–H and O–H groups in total. The molecule has 0 amide bonds. The van der Waals surface area contributed by atoms with E-state index in [2.05, 4.69) is 6.92 Å². The van der Waals surface area contributed by atoms with Crippen molar-refractivity contribution in [3.63, 3.8) is 0 Å². The van der Waals surface area contributed by atoms with E-state index in [1.165, 1.54) is 11.1 Å². The van der Waals surface area contributed by atoms with Crippen LogP contribution in [0.25, 0.3) is 0 Å². The minimum Gasteiger partial charge on any atom is -0.392 e. The summed E-state index contributed by atoms with van der Waals surface area (Å²) in [5.74, 6) is 0. The maximum absolute atomic E-state index is 9.35. The quantitative estimate of drug-likeness (QED) is 0.817. The fourth-order valence-corrected chi connectivity index (χ4v) is 3.21. The van der Waals surface area contributed by atoms with Crippen molar-refractivity contribution in [2.75, 3.05) is 0 Å². The van der Waals surface area contributed by atoms with E-state index >= 15 is 0 Å². The van der Waals surface area contributed by atoms with Crippen molar-refractivity contribution >= 4 is 0 Å². The van der Waals surface area contributed by atoms with Crippen LogP contribution >= 0.6 is 0 Å². The molecule has 2 aliphatic heterocycles. The summed E-state index contributed by atoms with van der Waals surface area (Å²) >= 11 is 0. The number of hydrogen-bond donors (Lipinski definition) is 2. The van der Waals surface area contributed by atoms with Gasteiger partial charge >= 0.3 is 0 Å². The van der Waals surface area contributed by atoms with Crippen LogP contribution in [0.2, 0.25) is 0 Å². The van der Waals surface area contributed by atoms with Crippen molar-refractivity contribution < 1.29 is 14.9 Å². The van der Waals surface area contributed by atoms with Gasteiger partial charge in [0.15, 0.2) is 0 Å². The zero-order valence-electron chi connectivity index (χ0n) is 10.1. The van der Waals surface area contributed by atoms with Gasteiger partial charge in [0, 0.05) is 0 Å². The number of hydrogen-bond acceptors (Lipinski definition) is 3. The van der Waals surface area contributed by atoms with Crippen LogP contribution in [0.4, 0.5) is 0 Å². The van der Waals surface area contributed by atoms with Gasteiger partial charge < -0.3 is 14.9 Å². The Morgan fingerprint density at radius 1 is 1.29 bits per heavy atom. The summed E-state index contributed by atoms with van der Waals surface area (Å²) in [5.41, 5.74) is 3.96.